The SMILES string of the molecule is COc1ccccc1C1=C(Nc2ccccc2C)C(=O)N(c2ccc(F)cc2F)C1=O. The number of para-hydroxylation sites is 2. The largest absolute Gasteiger partial charge is 0.496 e. The Morgan fingerprint density at radius 1 is 0.903 bits per heavy atom. The maximum absolute atomic E-state index is 14.5. The fourth-order valence-electron chi connectivity index (χ4n) is 3.48. The van der Waals surface area contributed by atoms with Crippen LogP contribution in [0.5, 0.6) is 5.75 Å². The lowest BCUT2D eigenvalue weighted by molar-refractivity contribution is -0.120. The van der Waals surface area contributed by atoms with Crippen molar-refractivity contribution in [1.29, 1.82) is 0 Å². The molecule has 1 N–H and O–H groups in total. The quantitative estimate of drug-likeness (QED) is 0.609. The highest BCUT2D eigenvalue weighted by atomic mass is 19.1. The van der Waals surface area contributed by atoms with Crippen LogP contribution in [-0.4, -0.2) is 18.9 Å². The van der Waals surface area contributed by atoms with E-state index in [1.54, 1.807) is 36.4 Å². The van der Waals surface area contributed by atoms with Gasteiger partial charge in [-0.2, -0.15) is 0 Å². The van der Waals surface area contributed by atoms with Gasteiger partial charge < -0.3 is 10.1 Å². The summed E-state index contributed by atoms with van der Waals surface area (Å²) >= 11 is 0. The van der Waals surface area contributed by atoms with Crippen molar-refractivity contribution in [3.63, 3.8) is 0 Å². The van der Waals surface area contributed by atoms with Crippen molar-refractivity contribution in [3.8, 4) is 5.75 Å². The molecule has 0 saturated heterocycles. The molecule has 0 unspecified atom stereocenters. The fraction of sp³-hybridized carbons (Fsp3) is 0.0833. The van der Waals surface area contributed by atoms with E-state index in [0.29, 0.717) is 28.0 Å². The van der Waals surface area contributed by atoms with Gasteiger partial charge in [0.05, 0.1) is 18.4 Å². The lowest BCUT2D eigenvalue weighted by atomic mass is 10.0. The van der Waals surface area contributed by atoms with E-state index in [1.807, 2.05) is 19.1 Å². The number of nitrogens with one attached hydrogen (secondary N) is 1. The molecule has 0 saturated carbocycles. The van der Waals surface area contributed by atoms with Crippen molar-refractivity contribution in [3.05, 3.63) is 95.2 Å². The lowest BCUT2D eigenvalue weighted by Gasteiger charge is -2.16. The van der Waals surface area contributed by atoms with Crippen LogP contribution in [0, 0.1) is 18.6 Å². The number of nitrogens with zero attached hydrogens (tertiary/aromatic N) is 1. The number of carbonyl (C=O) groups is 2. The van der Waals surface area contributed by atoms with Crippen molar-refractivity contribution in [2.45, 2.75) is 6.92 Å². The summed E-state index contributed by atoms with van der Waals surface area (Å²) in [6.45, 7) is 1.85. The molecule has 0 spiro atoms. The van der Waals surface area contributed by atoms with Gasteiger partial charge in [0.25, 0.3) is 11.8 Å². The third-order valence-corrected chi connectivity index (χ3v) is 5.02. The predicted molar refractivity (Wildman–Crippen MR) is 114 cm³/mol. The predicted octanol–water partition coefficient (Wildman–Crippen LogP) is 4.68. The molecule has 3 aromatic carbocycles. The van der Waals surface area contributed by atoms with Gasteiger partial charge in [-0.1, -0.05) is 36.4 Å². The molecule has 1 aliphatic rings. The number of methoxy groups -OCH3 is 1. The van der Waals surface area contributed by atoms with Gasteiger partial charge in [-0.25, -0.2) is 13.7 Å². The van der Waals surface area contributed by atoms with E-state index in [0.717, 1.165) is 17.7 Å². The van der Waals surface area contributed by atoms with Crippen LogP contribution in [0.1, 0.15) is 11.1 Å². The first-order valence-electron chi connectivity index (χ1n) is 9.46. The monoisotopic (exact) mass is 420 g/mol. The van der Waals surface area contributed by atoms with Gasteiger partial charge >= 0.3 is 0 Å². The molecular formula is C24H18F2N2O3. The number of benzene rings is 3. The maximum atomic E-state index is 14.5. The molecule has 0 bridgehead atoms. The number of rotatable bonds is 5. The molecule has 0 aromatic heterocycles. The van der Waals surface area contributed by atoms with Gasteiger partial charge in [0.2, 0.25) is 0 Å². The first-order chi connectivity index (χ1) is 14.9. The van der Waals surface area contributed by atoms with Crippen LogP contribution in [-0.2, 0) is 9.59 Å². The minimum absolute atomic E-state index is 0.0208. The molecule has 3 aromatic rings. The van der Waals surface area contributed by atoms with Gasteiger partial charge in [0.15, 0.2) is 0 Å². The number of ether oxygens (including phenoxy) is 1. The smallest absolute Gasteiger partial charge is 0.282 e. The number of carbonyl (C=O) groups excluding carboxylic acids is 2. The minimum atomic E-state index is -1.02. The van der Waals surface area contributed by atoms with Crippen molar-refractivity contribution in [1.82, 2.24) is 0 Å². The summed E-state index contributed by atoms with van der Waals surface area (Å²) < 4.78 is 33.3. The summed E-state index contributed by atoms with van der Waals surface area (Å²) in [5.74, 6) is -2.94. The standard InChI is InChI=1S/C24H18F2N2O3/c1-14-7-3-5-9-18(14)27-22-21(16-8-4-6-10-20(16)31-2)23(29)28(24(22)30)19-12-11-15(25)13-17(19)26/h3-13,27H,1-2H3. The molecule has 5 nitrogen and oxygen atoms in total. The summed E-state index contributed by atoms with van der Waals surface area (Å²) in [6.07, 6.45) is 0. The number of anilines is 2. The van der Waals surface area contributed by atoms with E-state index < -0.39 is 23.4 Å². The summed E-state index contributed by atoms with van der Waals surface area (Å²) in [5.41, 5.74) is 1.53. The normalized spacial score (nSPS) is 13.7. The number of hydrogen-bond acceptors (Lipinski definition) is 4. The molecule has 1 heterocycles. The molecule has 2 amide bonds. The van der Waals surface area contributed by atoms with E-state index in [1.165, 1.54) is 7.11 Å². The molecule has 0 fully saturated rings. The highest BCUT2D eigenvalue weighted by Crippen LogP contribution is 2.38. The molecular weight excluding hydrogens is 402 g/mol. The number of amides is 2. The van der Waals surface area contributed by atoms with E-state index in [-0.39, 0.29) is 17.0 Å². The first kappa shape index (κ1) is 20.3. The topological polar surface area (TPSA) is 58.6 Å². The Bertz CT molecular complexity index is 1240. The Hall–Kier alpha value is -4.00. The van der Waals surface area contributed by atoms with E-state index in [9.17, 15) is 18.4 Å². The second kappa shape index (κ2) is 8.02. The number of hydrogen-bond donors (Lipinski definition) is 1. The van der Waals surface area contributed by atoms with Crippen LogP contribution in [0.25, 0.3) is 5.57 Å². The molecule has 0 radical (unpaired) electrons. The maximum Gasteiger partial charge on any atom is 0.282 e. The van der Waals surface area contributed by atoms with Gasteiger partial charge in [-0.15, -0.1) is 0 Å². The van der Waals surface area contributed by atoms with Gasteiger partial charge in [-0.3, -0.25) is 9.59 Å². The Morgan fingerprint density at radius 2 is 1.61 bits per heavy atom. The molecule has 156 valence electrons. The fourth-order valence-corrected chi connectivity index (χ4v) is 3.48. The van der Waals surface area contributed by atoms with E-state index in [2.05, 4.69) is 5.32 Å². The van der Waals surface area contributed by atoms with Crippen LogP contribution in [0.15, 0.2) is 72.4 Å². The first-order valence-corrected chi connectivity index (χ1v) is 9.46. The molecule has 4 rings (SSSR count). The number of aryl methyl sites for hydroxylation is 1. The molecule has 31 heavy (non-hydrogen) atoms. The Balaban J connectivity index is 1.90. The van der Waals surface area contributed by atoms with Crippen LogP contribution >= 0.6 is 0 Å². The summed E-state index contributed by atoms with van der Waals surface area (Å²) in [4.78, 5) is 27.4. The second-order valence-electron chi connectivity index (χ2n) is 6.93. The Kier molecular flexibility index (Phi) is 5.25. The Morgan fingerprint density at radius 3 is 2.32 bits per heavy atom. The molecule has 1 aliphatic heterocycles. The summed E-state index contributed by atoms with van der Waals surface area (Å²) in [6, 6.07) is 16.7. The zero-order valence-corrected chi connectivity index (χ0v) is 16.8. The van der Waals surface area contributed by atoms with Gasteiger partial charge in [-0.05, 0) is 36.8 Å². The van der Waals surface area contributed by atoms with Crippen LogP contribution in [0.3, 0.4) is 0 Å². The van der Waals surface area contributed by atoms with Crippen LogP contribution in [0.4, 0.5) is 20.2 Å². The van der Waals surface area contributed by atoms with Crippen molar-refractivity contribution in [2.75, 3.05) is 17.3 Å². The van der Waals surface area contributed by atoms with Crippen LogP contribution in [0.2, 0.25) is 0 Å². The summed E-state index contributed by atoms with van der Waals surface area (Å²) in [5, 5.41) is 3.04. The number of imide groups is 1. The average Bonchev–Trinajstić information content (AvgIpc) is 2.99. The van der Waals surface area contributed by atoms with Crippen LogP contribution < -0.4 is 15.0 Å². The van der Waals surface area contributed by atoms with Crippen molar-refractivity contribution < 1.29 is 23.1 Å². The molecule has 7 heteroatoms. The van der Waals surface area contributed by atoms with Crippen molar-refractivity contribution >= 4 is 28.8 Å². The zero-order valence-electron chi connectivity index (χ0n) is 16.8. The summed E-state index contributed by atoms with van der Waals surface area (Å²) in [7, 11) is 1.45. The minimum Gasteiger partial charge on any atom is -0.496 e. The number of halogens is 2. The lowest BCUT2D eigenvalue weighted by Crippen LogP contribution is -2.33. The van der Waals surface area contributed by atoms with E-state index in [4.69, 9.17) is 4.74 Å². The van der Waals surface area contributed by atoms with Crippen molar-refractivity contribution in [2.24, 2.45) is 0 Å². The average molecular weight is 420 g/mol. The highest BCUT2D eigenvalue weighted by molar-refractivity contribution is 6.46. The third kappa shape index (κ3) is 3.54. The second-order valence-corrected chi connectivity index (χ2v) is 6.93. The van der Waals surface area contributed by atoms with Gasteiger partial charge in [0.1, 0.15) is 23.1 Å². The molecule has 0 atom stereocenters. The van der Waals surface area contributed by atoms with Gasteiger partial charge in [0, 0.05) is 17.3 Å². The Labute approximate surface area is 177 Å². The third-order valence-electron chi connectivity index (χ3n) is 5.02. The molecule has 0 aliphatic carbocycles. The highest BCUT2D eigenvalue weighted by Gasteiger charge is 2.42. The zero-order chi connectivity index (χ0) is 22.1. The van der Waals surface area contributed by atoms with E-state index >= 15 is 0 Å².